The molecule has 0 radical (unpaired) electrons. The van der Waals surface area contributed by atoms with Gasteiger partial charge in [-0.15, -0.1) is 11.3 Å². The second-order valence-corrected chi connectivity index (χ2v) is 6.74. The quantitative estimate of drug-likeness (QED) is 0.811. The fourth-order valence-electron chi connectivity index (χ4n) is 2.05. The summed E-state index contributed by atoms with van der Waals surface area (Å²) in [5, 5.41) is 13.0. The van der Waals surface area contributed by atoms with Gasteiger partial charge < -0.3 is 5.32 Å². The van der Waals surface area contributed by atoms with Gasteiger partial charge in [0.05, 0.1) is 5.56 Å². The minimum atomic E-state index is -0.273. The summed E-state index contributed by atoms with van der Waals surface area (Å²) in [6, 6.07) is 8.67. The van der Waals surface area contributed by atoms with Crippen LogP contribution in [-0.4, -0.2) is 11.7 Å². The largest absolute Gasteiger partial charge is 0.317 e. The molecule has 2 aromatic rings. The summed E-state index contributed by atoms with van der Waals surface area (Å²) in [5.41, 5.74) is 1.90. The van der Waals surface area contributed by atoms with Crippen LogP contribution < -0.4 is 5.32 Å². The Morgan fingerprint density at radius 1 is 1.22 bits per heavy atom. The van der Waals surface area contributed by atoms with E-state index in [0.717, 1.165) is 10.4 Å². The molecule has 0 saturated heterocycles. The van der Waals surface area contributed by atoms with Crippen molar-refractivity contribution in [3.63, 3.8) is 0 Å². The summed E-state index contributed by atoms with van der Waals surface area (Å²) in [5.74, 6) is -0.388. The highest BCUT2D eigenvalue weighted by Crippen LogP contribution is 2.31. The van der Waals surface area contributed by atoms with Gasteiger partial charge in [0.2, 0.25) is 5.91 Å². The number of aryl methyl sites for hydroxylation is 1. The molecule has 23 heavy (non-hydrogen) atoms. The van der Waals surface area contributed by atoms with Crippen LogP contribution in [0.5, 0.6) is 0 Å². The number of benzene rings is 1. The Hall–Kier alpha value is -2.16. The molecule has 4 nitrogen and oxygen atoms in total. The summed E-state index contributed by atoms with van der Waals surface area (Å²) < 4.78 is 0. The van der Waals surface area contributed by atoms with Crippen LogP contribution in [0.15, 0.2) is 24.3 Å². The molecule has 2 rings (SSSR count). The standard InChI is InChI=1S/C17H15ClN2O2S/c1-10-11(2)23-17(14(10)9-19)20-16(22)8-7-15(21)12-3-5-13(18)6-4-12/h3-6H,7-8H2,1-2H3,(H,20,22). The Morgan fingerprint density at radius 2 is 1.87 bits per heavy atom. The van der Waals surface area contributed by atoms with Crippen molar-refractivity contribution in [3.8, 4) is 6.07 Å². The number of nitriles is 1. The summed E-state index contributed by atoms with van der Waals surface area (Å²) in [6.07, 6.45) is 0.182. The third-order valence-corrected chi connectivity index (χ3v) is 4.87. The van der Waals surface area contributed by atoms with Crippen LogP contribution in [0.2, 0.25) is 5.02 Å². The molecule has 118 valence electrons. The number of carbonyl (C=O) groups is 2. The number of thiophene rings is 1. The number of hydrogen-bond donors (Lipinski definition) is 1. The Morgan fingerprint density at radius 3 is 2.48 bits per heavy atom. The predicted molar refractivity (Wildman–Crippen MR) is 92.2 cm³/mol. The lowest BCUT2D eigenvalue weighted by atomic mass is 10.1. The Bertz CT molecular complexity index is 788. The number of nitrogens with zero attached hydrogens (tertiary/aromatic N) is 1. The lowest BCUT2D eigenvalue weighted by molar-refractivity contribution is -0.116. The van der Waals surface area contributed by atoms with Gasteiger partial charge in [0.15, 0.2) is 5.78 Å². The first-order valence-corrected chi connectivity index (χ1v) is 8.20. The molecule has 0 bridgehead atoms. The number of halogens is 1. The van der Waals surface area contributed by atoms with Crippen LogP contribution >= 0.6 is 22.9 Å². The lowest BCUT2D eigenvalue weighted by Crippen LogP contribution is -2.13. The van der Waals surface area contributed by atoms with Crippen molar-refractivity contribution in [2.24, 2.45) is 0 Å². The van der Waals surface area contributed by atoms with E-state index in [9.17, 15) is 9.59 Å². The van der Waals surface area contributed by atoms with E-state index >= 15 is 0 Å². The van der Waals surface area contributed by atoms with E-state index in [2.05, 4.69) is 11.4 Å². The summed E-state index contributed by atoms with van der Waals surface area (Å²) >= 11 is 7.15. The van der Waals surface area contributed by atoms with Gasteiger partial charge in [-0.3, -0.25) is 9.59 Å². The maximum Gasteiger partial charge on any atom is 0.225 e. The molecule has 1 aromatic heterocycles. The maximum atomic E-state index is 12.0. The Kier molecular flexibility index (Phi) is 5.54. The number of carbonyl (C=O) groups excluding carboxylic acids is 2. The zero-order valence-electron chi connectivity index (χ0n) is 12.8. The van der Waals surface area contributed by atoms with Gasteiger partial charge in [0.1, 0.15) is 11.1 Å². The number of nitrogens with one attached hydrogen (secondary N) is 1. The zero-order valence-corrected chi connectivity index (χ0v) is 14.3. The molecule has 0 aliphatic rings. The fraction of sp³-hybridized carbons (Fsp3) is 0.235. The smallest absolute Gasteiger partial charge is 0.225 e. The van der Waals surface area contributed by atoms with E-state index in [1.807, 2.05) is 13.8 Å². The van der Waals surface area contributed by atoms with Crippen molar-refractivity contribution in [3.05, 3.63) is 50.9 Å². The summed E-state index contributed by atoms with van der Waals surface area (Å²) in [7, 11) is 0. The van der Waals surface area contributed by atoms with Gasteiger partial charge in [0, 0.05) is 28.3 Å². The van der Waals surface area contributed by atoms with E-state index in [1.165, 1.54) is 11.3 Å². The second kappa shape index (κ2) is 7.40. The van der Waals surface area contributed by atoms with Gasteiger partial charge in [-0.05, 0) is 43.7 Å². The highest BCUT2D eigenvalue weighted by Gasteiger charge is 2.15. The number of Topliss-reactive ketones (excluding diaryl/α,β-unsaturated/α-hetero) is 1. The van der Waals surface area contributed by atoms with Gasteiger partial charge in [-0.2, -0.15) is 5.26 Å². The first kappa shape index (κ1) is 17.2. The number of rotatable bonds is 5. The highest BCUT2D eigenvalue weighted by atomic mass is 35.5. The van der Waals surface area contributed by atoms with E-state index in [1.54, 1.807) is 24.3 Å². The van der Waals surface area contributed by atoms with Gasteiger partial charge in [0.25, 0.3) is 0 Å². The molecule has 6 heteroatoms. The van der Waals surface area contributed by atoms with Crippen molar-refractivity contribution in [1.29, 1.82) is 5.26 Å². The van der Waals surface area contributed by atoms with Gasteiger partial charge in [-0.25, -0.2) is 0 Å². The normalized spacial score (nSPS) is 10.2. The summed E-state index contributed by atoms with van der Waals surface area (Å²) in [4.78, 5) is 25.0. The fourth-order valence-corrected chi connectivity index (χ4v) is 3.20. The second-order valence-electron chi connectivity index (χ2n) is 5.08. The van der Waals surface area contributed by atoms with E-state index in [0.29, 0.717) is 21.2 Å². The van der Waals surface area contributed by atoms with Crippen molar-refractivity contribution >= 4 is 39.6 Å². The minimum Gasteiger partial charge on any atom is -0.317 e. The third kappa shape index (κ3) is 4.19. The third-order valence-electron chi connectivity index (χ3n) is 3.50. The van der Waals surface area contributed by atoms with Crippen molar-refractivity contribution in [2.75, 3.05) is 5.32 Å². The summed E-state index contributed by atoms with van der Waals surface area (Å²) in [6.45, 7) is 3.75. The number of hydrogen-bond acceptors (Lipinski definition) is 4. The average Bonchev–Trinajstić information content (AvgIpc) is 2.79. The van der Waals surface area contributed by atoms with E-state index in [-0.39, 0.29) is 24.5 Å². The van der Waals surface area contributed by atoms with E-state index in [4.69, 9.17) is 16.9 Å². The molecular weight excluding hydrogens is 332 g/mol. The molecule has 1 N–H and O–H groups in total. The SMILES string of the molecule is Cc1sc(NC(=O)CCC(=O)c2ccc(Cl)cc2)c(C#N)c1C. The zero-order chi connectivity index (χ0) is 17.0. The molecule has 0 aliphatic carbocycles. The maximum absolute atomic E-state index is 12.0. The molecule has 1 aromatic carbocycles. The number of amides is 1. The van der Waals surface area contributed by atoms with Crippen LogP contribution in [0.25, 0.3) is 0 Å². The van der Waals surface area contributed by atoms with Crippen LogP contribution in [0.3, 0.4) is 0 Å². The molecule has 0 fully saturated rings. The first-order valence-electron chi connectivity index (χ1n) is 7.01. The highest BCUT2D eigenvalue weighted by molar-refractivity contribution is 7.16. The van der Waals surface area contributed by atoms with Crippen LogP contribution in [0.1, 0.15) is 39.2 Å². The Labute approximate surface area is 143 Å². The van der Waals surface area contributed by atoms with Crippen LogP contribution in [-0.2, 0) is 4.79 Å². The molecule has 0 unspecified atom stereocenters. The number of ketones is 1. The van der Waals surface area contributed by atoms with Crippen molar-refractivity contribution in [1.82, 2.24) is 0 Å². The molecule has 0 saturated carbocycles. The molecule has 1 amide bonds. The molecule has 0 aliphatic heterocycles. The lowest BCUT2D eigenvalue weighted by Gasteiger charge is -2.04. The topological polar surface area (TPSA) is 70.0 Å². The molecule has 0 atom stereocenters. The average molecular weight is 347 g/mol. The molecule has 0 spiro atoms. The minimum absolute atomic E-state index is 0.0717. The molecular formula is C17H15ClN2O2S. The van der Waals surface area contributed by atoms with Crippen LogP contribution in [0, 0.1) is 25.2 Å². The van der Waals surface area contributed by atoms with E-state index < -0.39 is 0 Å². The number of anilines is 1. The predicted octanol–water partition coefficient (Wildman–Crippen LogP) is 4.49. The Balaban J connectivity index is 1.96. The molecule has 1 heterocycles. The first-order chi connectivity index (χ1) is 10.9. The monoisotopic (exact) mass is 346 g/mol. The van der Waals surface area contributed by atoms with Gasteiger partial charge in [-0.1, -0.05) is 11.6 Å². The van der Waals surface area contributed by atoms with Crippen molar-refractivity contribution in [2.45, 2.75) is 26.7 Å². The van der Waals surface area contributed by atoms with Gasteiger partial charge >= 0.3 is 0 Å². The van der Waals surface area contributed by atoms with Crippen molar-refractivity contribution < 1.29 is 9.59 Å². The van der Waals surface area contributed by atoms with Crippen LogP contribution in [0.4, 0.5) is 5.00 Å².